The molecule has 0 saturated carbocycles. The molecule has 0 spiro atoms. The van der Waals surface area contributed by atoms with Crippen molar-refractivity contribution in [2.24, 2.45) is 0 Å². The molecule has 1 aliphatic heterocycles. The van der Waals surface area contributed by atoms with Gasteiger partial charge in [-0.1, -0.05) is 36.4 Å². The van der Waals surface area contributed by atoms with Crippen molar-refractivity contribution in [1.82, 2.24) is 9.62 Å². The maximum Gasteiger partial charge on any atom is 0.243 e. The van der Waals surface area contributed by atoms with E-state index in [-0.39, 0.29) is 0 Å². The second-order valence-corrected chi connectivity index (χ2v) is 6.54. The number of nitrogens with zero attached hydrogens (tertiary/aromatic N) is 1. The van der Waals surface area contributed by atoms with Crippen LogP contribution < -0.4 is 5.32 Å². The Morgan fingerprint density at radius 2 is 1.68 bits per heavy atom. The maximum atomic E-state index is 12.7. The van der Waals surface area contributed by atoms with Gasteiger partial charge in [-0.15, -0.1) is 0 Å². The predicted octanol–water partition coefficient (Wildman–Crippen LogP) is 1.39. The minimum atomic E-state index is -3.38. The Kier molecular flexibility index (Phi) is 3.26. The fraction of sp³-hybridized carbons (Fsp3) is 0.286. The number of rotatable bonds is 2. The van der Waals surface area contributed by atoms with Gasteiger partial charge < -0.3 is 5.32 Å². The van der Waals surface area contributed by atoms with Crippen LogP contribution in [-0.2, 0) is 10.0 Å². The Labute approximate surface area is 113 Å². The third-order valence-corrected chi connectivity index (χ3v) is 5.40. The number of hydrogen-bond acceptors (Lipinski definition) is 3. The minimum absolute atomic E-state index is 0.417. The molecule has 1 N–H and O–H groups in total. The van der Waals surface area contributed by atoms with Crippen LogP contribution in [0.4, 0.5) is 0 Å². The van der Waals surface area contributed by atoms with Crippen molar-refractivity contribution in [1.29, 1.82) is 0 Å². The van der Waals surface area contributed by atoms with Crippen LogP contribution in [0.3, 0.4) is 0 Å². The van der Waals surface area contributed by atoms with E-state index >= 15 is 0 Å². The SMILES string of the molecule is O=S(=O)(c1ccc2cccccc1-2)N1CCNCC1. The molecule has 0 unspecified atom stereocenters. The van der Waals surface area contributed by atoms with E-state index in [1.807, 2.05) is 36.4 Å². The summed E-state index contributed by atoms with van der Waals surface area (Å²) in [7, 11) is -3.38. The third-order valence-electron chi connectivity index (χ3n) is 3.45. The molecule has 1 saturated heterocycles. The molecule has 100 valence electrons. The summed E-state index contributed by atoms with van der Waals surface area (Å²) in [5, 5.41) is 3.17. The molecule has 3 rings (SSSR count). The summed E-state index contributed by atoms with van der Waals surface area (Å²) in [5.41, 5.74) is 1.75. The molecular formula is C14H16N2O2S. The highest BCUT2D eigenvalue weighted by molar-refractivity contribution is 7.89. The van der Waals surface area contributed by atoms with Crippen molar-refractivity contribution in [3.63, 3.8) is 0 Å². The van der Waals surface area contributed by atoms with Crippen molar-refractivity contribution in [3.8, 4) is 11.1 Å². The summed E-state index contributed by atoms with van der Waals surface area (Å²) in [6.07, 6.45) is 0. The van der Waals surface area contributed by atoms with Crippen molar-refractivity contribution < 1.29 is 8.42 Å². The van der Waals surface area contributed by atoms with Crippen molar-refractivity contribution in [2.75, 3.05) is 26.2 Å². The molecule has 0 amide bonds. The molecule has 0 aromatic carbocycles. The fourth-order valence-electron chi connectivity index (χ4n) is 2.43. The molecule has 0 radical (unpaired) electrons. The van der Waals surface area contributed by atoms with E-state index in [1.165, 1.54) is 0 Å². The van der Waals surface area contributed by atoms with Gasteiger partial charge in [0.05, 0.1) is 4.90 Å². The molecule has 0 bridgehead atoms. The topological polar surface area (TPSA) is 49.4 Å². The summed E-state index contributed by atoms with van der Waals surface area (Å²) in [5.74, 6) is 0. The van der Waals surface area contributed by atoms with Crippen molar-refractivity contribution in [3.05, 3.63) is 42.5 Å². The van der Waals surface area contributed by atoms with E-state index in [9.17, 15) is 8.42 Å². The van der Waals surface area contributed by atoms with Crippen LogP contribution in [0.25, 0.3) is 11.1 Å². The van der Waals surface area contributed by atoms with E-state index in [0.717, 1.165) is 11.1 Å². The van der Waals surface area contributed by atoms with Crippen LogP contribution in [0.15, 0.2) is 47.4 Å². The lowest BCUT2D eigenvalue weighted by molar-refractivity contribution is 0.360. The minimum Gasteiger partial charge on any atom is -0.314 e. The first-order chi connectivity index (χ1) is 9.19. The van der Waals surface area contributed by atoms with Crippen molar-refractivity contribution >= 4 is 10.0 Å². The third kappa shape index (κ3) is 2.25. The molecule has 4 nitrogen and oxygen atoms in total. The average Bonchev–Trinajstić information content (AvgIpc) is 2.70. The Morgan fingerprint density at radius 3 is 2.47 bits per heavy atom. The van der Waals surface area contributed by atoms with Crippen LogP contribution in [-0.4, -0.2) is 38.9 Å². The van der Waals surface area contributed by atoms with E-state index in [1.54, 1.807) is 10.4 Å². The lowest BCUT2D eigenvalue weighted by Gasteiger charge is -2.26. The second-order valence-electron chi connectivity index (χ2n) is 4.63. The Hall–Kier alpha value is -1.43. The Bertz CT molecular complexity index is 648. The van der Waals surface area contributed by atoms with Gasteiger partial charge >= 0.3 is 0 Å². The van der Waals surface area contributed by atoms with Crippen molar-refractivity contribution in [2.45, 2.75) is 4.90 Å². The van der Waals surface area contributed by atoms with Gasteiger partial charge in [-0.3, -0.25) is 0 Å². The molecule has 19 heavy (non-hydrogen) atoms. The van der Waals surface area contributed by atoms with Crippen LogP contribution in [0.2, 0.25) is 0 Å². The zero-order chi connectivity index (χ0) is 13.3. The van der Waals surface area contributed by atoms with Gasteiger partial charge in [0.2, 0.25) is 10.0 Å². The first kappa shape index (κ1) is 12.6. The van der Waals surface area contributed by atoms with E-state index in [4.69, 9.17) is 0 Å². The molecule has 0 atom stereocenters. The molecule has 1 heterocycles. The summed E-state index contributed by atoms with van der Waals surface area (Å²) in [6, 6.07) is 13.1. The highest BCUT2D eigenvalue weighted by atomic mass is 32.2. The zero-order valence-corrected chi connectivity index (χ0v) is 11.4. The zero-order valence-electron chi connectivity index (χ0n) is 10.5. The van der Waals surface area contributed by atoms with Gasteiger partial charge in [-0.25, -0.2) is 8.42 Å². The predicted molar refractivity (Wildman–Crippen MR) is 74.7 cm³/mol. The summed E-state index contributed by atoms with van der Waals surface area (Å²) >= 11 is 0. The largest absolute Gasteiger partial charge is 0.314 e. The van der Waals surface area contributed by atoms with Gasteiger partial charge in [0.25, 0.3) is 0 Å². The Balaban J connectivity index is 2.05. The van der Waals surface area contributed by atoms with E-state index < -0.39 is 10.0 Å². The normalized spacial score (nSPS) is 17.7. The number of sulfonamides is 1. The van der Waals surface area contributed by atoms with Gasteiger partial charge in [0.15, 0.2) is 0 Å². The van der Waals surface area contributed by atoms with E-state index in [2.05, 4.69) is 5.32 Å². The smallest absolute Gasteiger partial charge is 0.243 e. The standard InChI is InChI=1S/C14H16N2O2S/c17-19(18,16-10-8-15-9-11-16)14-7-6-12-4-2-1-3-5-13(12)14/h1-7,15H,8-11H2. The van der Waals surface area contributed by atoms with Crippen LogP contribution in [0.5, 0.6) is 0 Å². The highest BCUT2D eigenvalue weighted by Crippen LogP contribution is 2.32. The fourth-order valence-corrected chi connectivity index (χ4v) is 4.08. The number of fused-ring (bicyclic) bond motifs is 1. The molecule has 5 heteroatoms. The molecule has 2 aliphatic carbocycles. The monoisotopic (exact) mass is 276 g/mol. The summed E-state index contributed by atoms with van der Waals surface area (Å²) < 4.78 is 26.9. The lowest BCUT2D eigenvalue weighted by atomic mass is 10.2. The quantitative estimate of drug-likeness (QED) is 0.901. The van der Waals surface area contributed by atoms with Gasteiger partial charge in [0, 0.05) is 31.7 Å². The first-order valence-corrected chi connectivity index (χ1v) is 7.82. The first-order valence-electron chi connectivity index (χ1n) is 6.38. The Morgan fingerprint density at radius 1 is 0.947 bits per heavy atom. The van der Waals surface area contributed by atoms with Gasteiger partial charge in [-0.05, 0) is 11.6 Å². The van der Waals surface area contributed by atoms with Crippen LogP contribution >= 0.6 is 0 Å². The maximum absolute atomic E-state index is 12.7. The molecule has 1 fully saturated rings. The number of nitrogens with one attached hydrogen (secondary N) is 1. The molecule has 0 aromatic heterocycles. The van der Waals surface area contributed by atoms with Gasteiger partial charge in [-0.2, -0.15) is 4.31 Å². The highest BCUT2D eigenvalue weighted by Gasteiger charge is 2.29. The average molecular weight is 276 g/mol. The second kappa shape index (κ2) is 4.92. The number of hydrogen-bond donors (Lipinski definition) is 1. The lowest BCUT2D eigenvalue weighted by Crippen LogP contribution is -2.46. The molecule has 3 aliphatic rings. The summed E-state index contributed by atoms with van der Waals surface area (Å²) in [4.78, 5) is 0.417. The van der Waals surface area contributed by atoms with Crippen LogP contribution in [0, 0.1) is 0 Å². The van der Waals surface area contributed by atoms with Gasteiger partial charge in [0.1, 0.15) is 0 Å². The van der Waals surface area contributed by atoms with Crippen LogP contribution in [0.1, 0.15) is 0 Å². The summed E-state index contributed by atoms with van der Waals surface area (Å²) in [6.45, 7) is 2.50. The molecule has 0 aromatic rings. The number of piperazine rings is 1. The molecular weight excluding hydrogens is 260 g/mol. The van der Waals surface area contributed by atoms with E-state index in [0.29, 0.717) is 31.1 Å².